The molecule has 128 valence electrons. The number of rotatable bonds is 6. The van der Waals surface area contributed by atoms with Gasteiger partial charge in [0.1, 0.15) is 0 Å². The molecule has 0 radical (unpaired) electrons. The Hall–Kier alpha value is -1.60. The number of hydrogen-bond acceptors (Lipinski definition) is 1. The number of nitrogens with one attached hydrogen (secondary N) is 1. The average molecular weight is 322 g/mol. The first-order valence-electron chi connectivity index (χ1n) is 9.56. The summed E-state index contributed by atoms with van der Waals surface area (Å²) in [5.74, 6) is 0. The largest absolute Gasteiger partial charge is 0.305 e. The van der Waals surface area contributed by atoms with E-state index in [9.17, 15) is 0 Å². The van der Waals surface area contributed by atoms with Crippen molar-refractivity contribution in [3.05, 3.63) is 71.8 Å². The molecule has 2 aromatic rings. The van der Waals surface area contributed by atoms with Gasteiger partial charge in [0.15, 0.2) is 0 Å². The first-order valence-corrected chi connectivity index (χ1v) is 9.56. The number of benzene rings is 2. The van der Waals surface area contributed by atoms with Crippen LogP contribution in [0.15, 0.2) is 60.7 Å². The molecule has 3 rings (SSSR count). The van der Waals surface area contributed by atoms with Gasteiger partial charge in [-0.3, -0.25) is 0 Å². The van der Waals surface area contributed by atoms with Crippen molar-refractivity contribution in [2.45, 2.75) is 69.9 Å². The third kappa shape index (κ3) is 3.89. The molecule has 2 unspecified atom stereocenters. The fourth-order valence-electron chi connectivity index (χ4n) is 4.47. The molecule has 24 heavy (non-hydrogen) atoms. The second-order valence-electron chi connectivity index (χ2n) is 7.57. The Kier molecular flexibility index (Phi) is 5.40. The number of hydrogen-bond donors (Lipinski definition) is 1. The molecule has 1 heteroatoms. The van der Waals surface area contributed by atoms with Crippen LogP contribution in [-0.4, -0.2) is 11.1 Å². The van der Waals surface area contributed by atoms with Gasteiger partial charge in [0.25, 0.3) is 0 Å². The summed E-state index contributed by atoms with van der Waals surface area (Å²) in [5, 5.41) is 4.18. The van der Waals surface area contributed by atoms with Crippen LogP contribution in [0.25, 0.3) is 0 Å². The fourth-order valence-corrected chi connectivity index (χ4v) is 4.47. The summed E-state index contributed by atoms with van der Waals surface area (Å²) in [6, 6.07) is 22.0. The van der Waals surface area contributed by atoms with Crippen molar-refractivity contribution in [3.63, 3.8) is 0 Å². The van der Waals surface area contributed by atoms with Crippen LogP contribution in [0.5, 0.6) is 0 Å². The topological polar surface area (TPSA) is 12.0 Å². The van der Waals surface area contributed by atoms with Crippen molar-refractivity contribution < 1.29 is 0 Å². The second kappa shape index (κ2) is 7.53. The lowest BCUT2D eigenvalue weighted by atomic mass is 9.71. The van der Waals surface area contributed by atoms with Gasteiger partial charge in [0.05, 0.1) is 0 Å². The van der Waals surface area contributed by atoms with Crippen molar-refractivity contribution >= 4 is 0 Å². The highest BCUT2D eigenvalue weighted by atomic mass is 15.1. The van der Waals surface area contributed by atoms with Gasteiger partial charge in [-0.15, -0.1) is 0 Å². The molecule has 2 atom stereocenters. The molecule has 0 spiro atoms. The third-order valence-electron chi connectivity index (χ3n) is 5.97. The second-order valence-corrected chi connectivity index (χ2v) is 7.57. The van der Waals surface area contributed by atoms with E-state index in [-0.39, 0.29) is 11.1 Å². The van der Waals surface area contributed by atoms with Crippen molar-refractivity contribution in [2.24, 2.45) is 0 Å². The minimum atomic E-state index is 0.240. The SMILES string of the molecule is CCC1(Cc2ccccc2)CCCC(CC)(Cc2ccccc2)N1. The van der Waals surface area contributed by atoms with Gasteiger partial charge in [-0.2, -0.15) is 0 Å². The van der Waals surface area contributed by atoms with Crippen molar-refractivity contribution in [1.29, 1.82) is 0 Å². The molecule has 1 heterocycles. The fraction of sp³-hybridized carbons (Fsp3) is 0.478. The van der Waals surface area contributed by atoms with Gasteiger partial charge in [-0.1, -0.05) is 74.5 Å². The average Bonchev–Trinajstić information content (AvgIpc) is 2.63. The quantitative estimate of drug-likeness (QED) is 0.736. The summed E-state index contributed by atoms with van der Waals surface area (Å²) >= 11 is 0. The standard InChI is InChI=1S/C23H31N/c1-3-22(18-20-12-7-5-8-13-20)16-11-17-23(4-2,24-22)19-21-14-9-6-10-15-21/h5-10,12-15,24H,3-4,11,16-19H2,1-2H3. The molecular weight excluding hydrogens is 290 g/mol. The molecule has 0 aromatic heterocycles. The summed E-state index contributed by atoms with van der Waals surface area (Å²) in [4.78, 5) is 0. The maximum Gasteiger partial charge on any atom is 0.0224 e. The first kappa shape index (κ1) is 17.2. The molecule has 1 N–H and O–H groups in total. The smallest absolute Gasteiger partial charge is 0.0224 e. The Balaban J connectivity index is 1.81. The predicted molar refractivity (Wildman–Crippen MR) is 103 cm³/mol. The van der Waals surface area contributed by atoms with Crippen molar-refractivity contribution in [2.75, 3.05) is 0 Å². The monoisotopic (exact) mass is 321 g/mol. The van der Waals surface area contributed by atoms with Crippen LogP contribution < -0.4 is 5.32 Å². The summed E-state index contributed by atoms with van der Waals surface area (Å²) < 4.78 is 0. The third-order valence-corrected chi connectivity index (χ3v) is 5.97. The summed E-state index contributed by atoms with van der Waals surface area (Å²) in [5.41, 5.74) is 3.39. The van der Waals surface area contributed by atoms with E-state index >= 15 is 0 Å². The molecule has 0 aliphatic carbocycles. The van der Waals surface area contributed by atoms with Gasteiger partial charge in [-0.05, 0) is 56.1 Å². The minimum Gasteiger partial charge on any atom is -0.305 e. The van der Waals surface area contributed by atoms with E-state index in [0.717, 1.165) is 12.8 Å². The van der Waals surface area contributed by atoms with Gasteiger partial charge < -0.3 is 5.32 Å². The first-order chi connectivity index (χ1) is 11.7. The van der Waals surface area contributed by atoms with Crippen LogP contribution in [0.3, 0.4) is 0 Å². The van der Waals surface area contributed by atoms with Crippen LogP contribution in [-0.2, 0) is 12.8 Å². The van der Waals surface area contributed by atoms with Crippen LogP contribution >= 0.6 is 0 Å². The molecule has 0 amide bonds. The van der Waals surface area contributed by atoms with E-state index in [1.54, 1.807) is 0 Å². The Labute approximate surface area is 147 Å². The van der Waals surface area contributed by atoms with E-state index in [0.29, 0.717) is 0 Å². The van der Waals surface area contributed by atoms with Crippen LogP contribution in [0, 0.1) is 0 Å². The van der Waals surface area contributed by atoms with E-state index in [1.807, 2.05) is 0 Å². The molecule has 0 bridgehead atoms. The summed E-state index contributed by atoms with van der Waals surface area (Å²) in [7, 11) is 0. The lowest BCUT2D eigenvalue weighted by Crippen LogP contribution is -2.62. The highest BCUT2D eigenvalue weighted by Gasteiger charge is 2.41. The highest BCUT2D eigenvalue weighted by molar-refractivity contribution is 5.22. The molecule has 1 fully saturated rings. The van der Waals surface area contributed by atoms with Crippen LogP contribution in [0.1, 0.15) is 57.1 Å². The van der Waals surface area contributed by atoms with Gasteiger partial charge in [-0.25, -0.2) is 0 Å². The van der Waals surface area contributed by atoms with Gasteiger partial charge in [0, 0.05) is 11.1 Å². The molecule has 1 nitrogen and oxygen atoms in total. The normalized spacial score (nSPS) is 27.1. The maximum absolute atomic E-state index is 4.18. The van der Waals surface area contributed by atoms with E-state index in [4.69, 9.17) is 0 Å². The van der Waals surface area contributed by atoms with E-state index in [2.05, 4.69) is 79.8 Å². The summed E-state index contributed by atoms with van der Waals surface area (Å²) in [6.45, 7) is 4.70. The zero-order valence-electron chi connectivity index (χ0n) is 15.2. The molecule has 1 saturated heterocycles. The minimum absolute atomic E-state index is 0.240. The Morgan fingerprint density at radius 2 is 1.12 bits per heavy atom. The highest BCUT2D eigenvalue weighted by Crippen LogP contribution is 2.37. The Morgan fingerprint density at radius 1 is 0.708 bits per heavy atom. The van der Waals surface area contributed by atoms with Crippen molar-refractivity contribution in [3.8, 4) is 0 Å². The molecular formula is C23H31N. The van der Waals surface area contributed by atoms with E-state index in [1.165, 1.54) is 43.2 Å². The summed E-state index contributed by atoms with van der Waals surface area (Å²) in [6.07, 6.45) is 8.57. The van der Waals surface area contributed by atoms with E-state index < -0.39 is 0 Å². The van der Waals surface area contributed by atoms with Crippen LogP contribution in [0.2, 0.25) is 0 Å². The molecule has 0 saturated carbocycles. The zero-order valence-corrected chi connectivity index (χ0v) is 15.2. The van der Waals surface area contributed by atoms with Crippen LogP contribution in [0.4, 0.5) is 0 Å². The van der Waals surface area contributed by atoms with Gasteiger partial charge >= 0.3 is 0 Å². The maximum atomic E-state index is 4.18. The van der Waals surface area contributed by atoms with Gasteiger partial charge in [0.2, 0.25) is 0 Å². The lowest BCUT2D eigenvalue weighted by molar-refractivity contribution is 0.117. The zero-order chi connectivity index (χ0) is 16.9. The Morgan fingerprint density at radius 3 is 1.50 bits per heavy atom. The Bertz CT molecular complexity index is 565. The van der Waals surface area contributed by atoms with Crippen molar-refractivity contribution in [1.82, 2.24) is 5.32 Å². The molecule has 2 aromatic carbocycles. The molecule has 1 aliphatic heterocycles. The molecule has 1 aliphatic rings. The predicted octanol–water partition coefficient (Wildman–Crippen LogP) is 5.54. The lowest BCUT2D eigenvalue weighted by Gasteiger charge is -2.50. The number of piperidine rings is 1.